The molecule has 0 spiro atoms. The molecule has 9 unspecified atom stereocenters. The Hall–Kier alpha value is -1.22. The third kappa shape index (κ3) is 9.45. The molecule has 26 heteroatoms. The van der Waals surface area contributed by atoms with Gasteiger partial charge in [0.25, 0.3) is 5.91 Å². The fourth-order valence-electron chi connectivity index (χ4n) is 4.28. The van der Waals surface area contributed by atoms with Gasteiger partial charge in [0.2, 0.25) is 0 Å². The molecule has 9 atom stereocenters. The van der Waals surface area contributed by atoms with Gasteiger partial charge in [0, 0.05) is 57.6 Å². The number of aliphatic hydroxyl groups is 4. The number of nitrogens with zero attached hydrogens (tertiary/aromatic N) is 6. The van der Waals surface area contributed by atoms with Gasteiger partial charge in [-0.15, -0.1) is 0 Å². The van der Waals surface area contributed by atoms with E-state index in [0.29, 0.717) is 0 Å². The van der Waals surface area contributed by atoms with Gasteiger partial charge < -0.3 is 55.2 Å². The van der Waals surface area contributed by atoms with E-state index in [0.717, 1.165) is 10.9 Å². The molecule has 1 aromatic rings. The van der Waals surface area contributed by atoms with E-state index in [-0.39, 0.29) is 63.0 Å². The van der Waals surface area contributed by atoms with Crippen LogP contribution in [-0.4, -0.2) is 192 Å². The van der Waals surface area contributed by atoms with Crippen LogP contribution in [0.3, 0.4) is 0 Å². The van der Waals surface area contributed by atoms with Crippen molar-refractivity contribution >= 4 is 97.3 Å². The maximum atomic E-state index is 11.6. The number of phosphoric ester groups is 2. The van der Waals surface area contributed by atoms with Crippen molar-refractivity contribution < 1.29 is 72.4 Å². The van der Waals surface area contributed by atoms with Gasteiger partial charge in [-0.25, -0.2) is 18.9 Å². The van der Waals surface area contributed by atoms with Crippen LogP contribution in [0.1, 0.15) is 6.23 Å². The first-order chi connectivity index (χ1) is 20.5. The Morgan fingerprint density at radius 2 is 1.42 bits per heavy atom. The van der Waals surface area contributed by atoms with Gasteiger partial charge in [0.1, 0.15) is 54.6 Å². The first-order valence-corrected chi connectivity index (χ1v) is 15.3. The maximum Gasteiger partial charge on any atom is 0.469 e. The van der Waals surface area contributed by atoms with Crippen LogP contribution in [0.2, 0.25) is 0 Å². The summed E-state index contributed by atoms with van der Waals surface area (Å²) in [5, 5.41) is 39.6. The number of ether oxygens (including phenoxy) is 2. The zero-order chi connectivity index (χ0) is 32.6. The van der Waals surface area contributed by atoms with E-state index in [1.165, 1.54) is 23.5 Å². The van der Waals surface area contributed by atoms with Crippen molar-refractivity contribution in [1.29, 1.82) is 0 Å². The largest absolute Gasteiger partial charge is 0.469 e. The van der Waals surface area contributed by atoms with E-state index in [1.54, 1.807) is 0 Å². The molecular formula is C19H27KN7O16P2. The monoisotopic (exact) mass is 710 g/mol. The number of aliphatic hydroxyl groups excluding tert-OH is 4. The Labute approximate surface area is 293 Å². The van der Waals surface area contributed by atoms with Crippen molar-refractivity contribution in [1.82, 2.24) is 14.5 Å². The number of aliphatic imine (C=N–C) groups is 3. The van der Waals surface area contributed by atoms with Gasteiger partial charge in [-0.3, -0.25) is 28.3 Å². The molecule has 2 fully saturated rings. The van der Waals surface area contributed by atoms with Crippen LogP contribution >= 0.6 is 15.6 Å². The molecule has 4 aliphatic rings. The average molecular weight is 711 g/mol. The van der Waals surface area contributed by atoms with E-state index < -0.39 is 95.6 Å². The number of aromatic nitrogens is 2. The second-order valence-electron chi connectivity index (χ2n) is 9.35. The summed E-state index contributed by atoms with van der Waals surface area (Å²) in [6, 6.07) is 0.363. The summed E-state index contributed by atoms with van der Waals surface area (Å²) < 4.78 is 41.3. The summed E-state index contributed by atoms with van der Waals surface area (Å²) in [7, 11) is -9.48. The number of nitrogen functional groups attached to an aromatic ring is 1. The number of carbonyl (C=O) groups is 1. The average Bonchev–Trinajstić information content (AvgIpc) is 3.57. The molecule has 2 saturated heterocycles. The summed E-state index contributed by atoms with van der Waals surface area (Å²) in [5.74, 6) is -0.369. The van der Waals surface area contributed by atoms with Crippen LogP contribution in [0.5, 0.6) is 0 Å². The second-order valence-corrected chi connectivity index (χ2v) is 11.8. The van der Waals surface area contributed by atoms with E-state index in [1.807, 2.05) is 0 Å². The molecule has 45 heavy (non-hydrogen) atoms. The first kappa shape index (κ1) is 38.2. The second kappa shape index (κ2) is 15.3. The number of rotatable bonds is 8. The SMILES string of the molecule is Nc1ccn(C2OC(COP(=O)(O)O)C(O)C2O)c(=O)n1.O=C1N=CN=C2C1N=CN2C1OC(COP(=O)(O)O)C(O)C1O.[K]. The number of anilines is 1. The van der Waals surface area contributed by atoms with Crippen molar-refractivity contribution in [3.05, 3.63) is 22.7 Å². The molecule has 0 aliphatic carbocycles. The van der Waals surface area contributed by atoms with Crippen molar-refractivity contribution in [2.45, 2.75) is 55.1 Å². The quantitative estimate of drug-likeness (QED) is 0.0896. The van der Waals surface area contributed by atoms with Crippen molar-refractivity contribution in [3.8, 4) is 0 Å². The molecule has 4 aliphatic heterocycles. The van der Waals surface area contributed by atoms with E-state index >= 15 is 0 Å². The molecule has 0 aromatic carbocycles. The fraction of sp³-hybridized carbons (Fsp3) is 0.579. The standard InChI is InChI=1S/C10H13N4O8P.C9H14N3O8P.K/c15-6-4(1-21-23(18,19)20)22-10(7(6)16)14-3-13-5-8(14)11-2-12-9(5)17;10-5-1-2-12(9(15)11-5)8-7(14)6(13)4(20-8)3-19-21(16,17)18;/h2-7,10,15-16H,1H2,(H2,18,19,20);1-2,4,6-8,13-14H,3H2,(H2,10,11,15)(H2,16,17,18);. The van der Waals surface area contributed by atoms with Gasteiger partial charge in [-0.05, 0) is 6.07 Å². The summed E-state index contributed by atoms with van der Waals surface area (Å²) in [6.07, 6.45) is -7.19. The predicted octanol–water partition coefficient (Wildman–Crippen LogP) is -5.60. The van der Waals surface area contributed by atoms with E-state index in [2.05, 4.69) is 29.0 Å². The van der Waals surface area contributed by atoms with Crippen LogP contribution in [0.15, 0.2) is 32.0 Å². The van der Waals surface area contributed by atoms with Crippen LogP contribution in [0.25, 0.3) is 0 Å². The molecule has 0 saturated carbocycles. The molecular weight excluding hydrogens is 683 g/mol. The molecule has 23 nitrogen and oxygen atoms in total. The number of nitrogens with two attached hydrogens (primary N) is 1. The summed E-state index contributed by atoms with van der Waals surface area (Å²) in [4.78, 5) is 73.8. The zero-order valence-corrected chi connectivity index (χ0v) is 27.8. The fourth-order valence-corrected chi connectivity index (χ4v) is 4.96. The van der Waals surface area contributed by atoms with Crippen LogP contribution < -0.4 is 11.4 Å². The summed E-state index contributed by atoms with van der Waals surface area (Å²) in [5.41, 5.74) is 4.52. The Bertz CT molecular complexity index is 1480. The number of phosphoric acid groups is 2. The van der Waals surface area contributed by atoms with Crippen molar-refractivity contribution in [2.24, 2.45) is 15.0 Å². The number of hydrogen-bond acceptors (Lipinski definition) is 17. The molecule has 1 radical (unpaired) electrons. The van der Waals surface area contributed by atoms with Gasteiger partial charge >= 0.3 is 21.3 Å². The van der Waals surface area contributed by atoms with E-state index in [9.17, 15) is 39.1 Å². The third-order valence-electron chi connectivity index (χ3n) is 6.35. The first-order valence-electron chi connectivity index (χ1n) is 12.2. The Morgan fingerprint density at radius 1 is 0.889 bits per heavy atom. The molecule has 5 rings (SSSR count). The number of carbonyl (C=O) groups excluding carboxylic acids is 1. The Morgan fingerprint density at radius 3 is 1.96 bits per heavy atom. The predicted molar refractivity (Wildman–Crippen MR) is 146 cm³/mol. The third-order valence-corrected chi connectivity index (χ3v) is 7.32. The maximum absolute atomic E-state index is 11.6. The summed E-state index contributed by atoms with van der Waals surface area (Å²) >= 11 is 0. The number of fused-ring (bicyclic) bond motifs is 1. The van der Waals surface area contributed by atoms with Crippen LogP contribution in [-0.2, 0) is 32.4 Å². The topological polar surface area (TPSA) is 351 Å². The zero-order valence-electron chi connectivity index (χ0n) is 22.9. The van der Waals surface area contributed by atoms with Crippen molar-refractivity contribution in [3.63, 3.8) is 0 Å². The minimum atomic E-state index is -4.74. The number of amides is 1. The Balaban J connectivity index is 0.000000241. The van der Waals surface area contributed by atoms with E-state index in [4.69, 9.17) is 34.8 Å². The van der Waals surface area contributed by atoms with Gasteiger partial charge in [0.05, 0.1) is 19.6 Å². The van der Waals surface area contributed by atoms with Gasteiger partial charge in [0.15, 0.2) is 18.5 Å². The van der Waals surface area contributed by atoms with Gasteiger partial charge in [-0.2, -0.15) is 9.98 Å². The minimum Gasteiger partial charge on any atom is -0.387 e. The number of hydrogen-bond donors (Lipinski definition) is 9. The summed E-state index contributed by atoms with van der Waals surface area (Å²) in [6.45, 7) is -1.28. The van der Waals surface area contributed by atoms with Crippen molar-refractivity contribution in [2.75, 3.05) is 18.9 Å². The minimum absolute atomic E-state index is 0. The number of amidine groups is 1. The molecule has 1 amide bonds. The molecule has 5 heterocycles. The van der Waals surface area contributed by atoms with Gasteiger partial charge in [-0.1, -0.05) is 0 Å². The molecule has 1 aromatic heterocycles. The molecule has 245 valence electrons. The molecule has 10 N–H and O–H groups in total. The van der Waals surface area contributed by atoms with Crippen LogP contribution in [0, 0.1) is 0 Å². The normalized spacial score (nSPS) is 32.5. The Kier molecular flexibility index (Phi) is 13.0. The molecule has 0 bridgehead atoms. The smallest absolute Gasteiger partial charge is 0.387 e. The van der Waals surface area contributed by atoms with Crippen LogP contribution in [0.4, 0.5) is 5.82 Å².